The first-order chi connectivity index (χ1) is 12.3. The van der Waals surface area contributed by atoms with Crippen LogP contribution in [0.2, 0.25) is 0 Å². The predicted octanol–water partition coefficient (Wildman–Crippen LogP) is 3.30. The van der Waals surface area contributed by atoms with Crippen LogP contribution in [0, 0.1) is 11.3 Å². The highest BCUT2D eigenvalue weighted by atomic mass is 16.5. The van der Waals surface area contributed by atoms with Crippen LogP contribution in [0.25, 0.3) is 0 Å². The monoisotopic (exact) mass is 344 g/mol. The van der Waals surface area contributed by atoms with Crippen molar-refractivity contribution in [3.05, 3.63) is 17.7 Å². The Hall–Kier alpha value is -1.84. The fraction of sp³-hybridized carbons (Fsp3) is 0.684. The van der Waals surface area contributed by atoms with E-state index in [1.54, 1.807) is 0 Å². The van der Waals surface area contributed by atoms with Gasteiger partial charge in [-0.3, -0.25) is 0 Å². The number of pyridine rings is 1. The van der Waals surface area contributed by atoms with Crippen molar-refractivity contribution in [2.75, 3.05) is 30.5 Å². The van der Waals surface area contributed by atoms with E-state index in [2.05, 4.69) is 28.6 Å². The molecule has 0 aromatic carbocycles. The average Bonchev–Trinajstić information content (AvgIpc) is 2.65. The van der Waals surface area contributed by atoms with Crippen molar-refractivity contribution in [3.63, 3.8) is 0 Å². The zero-order valence-corrected chi connectivity index (χ0v) is 15.0. The number of nitrogens with one attached hydrogen (secondary N) is 2. The second-order valence-electron chi connectivity index (χ2n) is 6.84. The molecule has 0 spiro atoms. The van der Waals surface area contributed by atoms with Crippen LogP contribution in [-0.4, -0.2) is 43.0 Å². The summed E-state index contributed by atoms with van der Waals surface area (Å²) in [4.78, 5) is 4.66. The quantitative estimate of drug-likeness (QED) is 0.824. The van der Waals surface area contributed by atoms with E-state index in [1.165, 1.54) is 0 Å². The minimum Gasteiger partial charge on any atom is -0.379 e. The van der Waals surface area contributed by atoms with E-state index in [4.69, 9.17) is 9.47 Å². The summed E-state index contributed by atoms with van der Waals surface area (Å²) in [5.41, 5.74) is 0.580. The van der Waals surface area contributed by atoms with Gasteiger partial charge in [0.15, 0.2) is 0 Å². The Labute approximate surface area is 149 Å². The number of nitriles is 1. The Morgan fingerprint density at radius 2 is 2.04 bits per heavy atom. The molecule has 1 atom stereocenters. The van der Waals surface area contributed by atoms with Crippen molar-refractivity contribution < 1.29 is 9.47 Å². The molecule has 25 heavy (non-hydrogen) atoms. The van der Waals surface area contributed by atoms with Gasteiger partial charge >= 0.3 is 0 Å². The molecule has 0 amide bonds. The second-order valence-corrected chi connectivity index (χ2v) is 6.84. The van der Waals surface area contributed by atoms with Gasteiger partial charge in [0.1, 0.15) is 17.7 Å². The number of hydrogen-bond acceptors (Lipinski definition) is 6. The Bertz CT molecular complexity index is 588. The van der Waals surface area contributed by atoms with Crippen LogP contribution < -0.4 is 10.6 Å². The molecule has 136 valence electrons. The standard InChI is InChI=1S/C19H28N4O2/c1-2-25-17-8-6-15(7-9-17)21-18-10-5-14(12-20)19(23-18)22-16-4-3-11-24-13-16/h5,10,15-17H,2-4,6-9,11,13H2,1H3,(H2,21,22,23)/t15?,16-,17?/m0/s1. The van der Waals surface area contributed by atoms with Gasteiger partial charge in [-0.05, 0) is 57.6 Å². The number of ether oxygens (including phenoxy) is 2. The lowest BCUT2D eigenvalue weighted by molar-refractivity contribution is 0.0346. The molecule has 0 radical (unpaired) electrons. The third-order valence-corrected chi connectivity index (χ3v) is 4.95. The lowest BCUT2D eigenvalue weighted by Crippen LogP contribution is -2.31. The molecule has 6 nitrogen and oxygen atoms in total. The van der Waals surface area contributed by atoms with E-state index in [0.717, 1.165) is 57.6 Å². The SMILES string of the molecule is CCOC1CCC(Nc2ccc(C#N)c(N[C@H]3CCCOC3)n2)CC1. The Balaban J connectivity index is 1.60. The molecule has 3 rings (SSSR count). The smallest absolute Gasteiger partial charge is 0.146 e. The number of anilines is 2. The maximum Gasteiger partial charge on any atom is 0.146 e. The second kappa shape index (κ2) is 9.02. The number of aromatic nitrogens is 1. The predicted molar refractivity (Wildman–Crippen MR) is 97.7 cm³/mol. The molecular weight excluding hydrogens is 316 g/mol. The van der Waals surface area contributed by atoms with Crippen molar-refractivity contribution in [3.8, 4) is 6.07 Å². The van der Waals surface area contributed by atoms with Crippen LogP contribution >= 0.6 is 0 Å². The van der Waals surface area contributed by atoms with Crippen LogP contribution in [0.1, 0.15) is 51.0 Å². The van der Waals surface area contributed by atoms with Crippen molar-refractivity contribution in [2.24, 2.45) is 0 Å². The fourth-order valence-electron chi connectivity index (χ4n) is 3.61. The topological polar surface area (TPSA) is 79.2 Å². The van der Waals surface area contributed by atoms with Crippen molar-refractivity contribution in [2.45, 2.75) is 63.6 Å². The average molecular weight is 344 g/mol. The van der Waals surface area contributed by atoms with E-state index < -0.39 is 0 Å². The number of nitrogens with zero attached hydrogens (tertiary/aromatic N) is 2. The Morgan fingerprint density at radius 1 is 1.20 bits per heavy atom. The molecule has 1 aliphatic heterocycles. The van der Waals surface area contributed by atoms with E-state index in [0.29, 0.717) is 30.1 Å². The highest BCUT2D eigenvalue weighted by Crippen LogP contribution is 2.25. The lowest BCUT2D eigenvalue weighted by Gasteiger charge is -2.29. The molecule has 2 fully saturated rings. The summed E-state index contributed by atoms with van der Waals surface area (Å²) >= 11 is 0. The fourth-order valence-corrected chi connectivity index (χ4v) is 3.61. The van der Waals surface area contributed by atoms with Gasteiger partial charge in [-0.25, -0.2) is 4.98 Å². The number of hydrogen-bond donors (Lipinski definition) is 2. The van der Waals surface area contributed by atoms with Gasteiger partial charge in [0.25, 0.3) is 0 Å². The summed E-state index contributed by atoms with van der Waals surface area (Å²) in [7, 11) is 0. The summed E-state index contributed by atoms with van der Waals surface area (Å²) in [6, 6.07) is 6.61. The largest absolute Gasteiger partial charge is 0.379 e. The summed E-state index contributed by atoms with van der Waals surface area (Å²) in [5, 5.41) is 16.3. The van der Waals surface area contributed by atoms with Crippen LogP contribution in [0.15, 0.2) is 12.1 Å². The zero-order valence-electron chi connectivity index (χ0n) is 15.0. The third kappa shape index (κ3) is 5.07. The van der Waals surface area contributed by atoms with Crippen molar-refractivity contribution in [1.82, 2.24) is 4.98 Å². The highest BCUT2D eigenvalue weighted by molar-refractivity contribution is 5.57. The van der Waals surface area contributed by atoms with Crippen molar-refractivity contribution >= 4 is 11.6 Å². The molecule has 1 saturated heterocycles. The Morgan fingerprint density at radius 3 is 2.72 bits per heavy atom. The number of rotatable bonds is 6. The minimum absolute atomic E-state index is 0.227. The van der Waals surface area contributed by atoms with Gasteiger partial charge < -0.3 is 20.1 Å². The minimum atomic E-state index is 0.227. The van der Waals surface area contributed by atoms with Gasteiger partial charge in [-0.15, -0.1) is 0 Å². The van der Waals surface area contributed by atoms with E-state index >= 15 is 0 Å². The maximum atomic E-state index is 9.34. The maximum absolute atomic E-state index is 9.34. The van der Waals surface area contributed by atoms with Gasteiger partial charge in [0.05, 0.1) is 24.3 Å². The van der Waals surface area contributed by atoms with Gasteiger partial charge in [0.2, 0.25) is 0 Å². The van der Waals surface area contributed by atoms with Gasteiger partial charge in [-0.1, -0.05) is 0 Å². The summed E-state index contributed by atoms with van der Waals surface area (Å²) in [6.07, 6.45) is 6.85. The molecule has 2 aliphatic rings. The molecule has 2 N–H and O–H groups in total. The first kappa shape index (κ1) is 18.0. The molecule has 0 bridgehead atoms. The normalized spacial score (nSPS) is 26.6. The lowest BCUT2D eigenvalue weighted by atomic mass is 9.93. The summed E-state index contributed by atoms with van der Waals surface area (Å²) < 4.78 is 11.2. The zero-order chi connectivity index (χ0) is 17.5. The molecule has 2 heterocycles. The van der Waals surface area contributed by atoms with E-state index in [9.17, 15) is 5.26 Å². The molecule has 6 heteroatoms. The van der Waals surface area contributed by atoms with Crippen LogP contribution in [-0.2, 0) is 9.47 Å². The summed E-state index contributed by atoms with van der Waals surface area (Å²) in [5.74, 6) is 1.49. The molecule has 1 aromatic rings. The third-order valence-electron chi connectivity index (χ3n) is 4.95. The van der Waals surface area contributed by atoms with Crippen molar-refractivity contribution in [1.29, 1.82) is 5.26 Å². The molecule has 1 aromatic heterocycles. The van der Waals surface area contributed by atoms with E-state index in [1.807, 2.05) is 12.1 Å². The molecule has 0 unspecified atom stereocenters. The first-order valence-electron chi connectivity index (χ1n) is 9.42. The highest BCUT2D eigenvalue weighted by Gasteiger charge is 2.22. The molecule has 1 saturated carbocycles. The first-order valence-corrected chi connectivity index (χ1v) is 9.42. The van der Waals surface area contributed by atoms with Crippen LogP contribution in [0.3, 0.4) is 0 Å². The Kier molecular flexibility index (Phi) is 6.48. The van der Waals surface area contributed by atoms with Crippen LogP contribution in [0.5, 0.6) is 0 Å². The van der Waals surface area contributed by atoms with E-state index in [-0.39, 0.29) is 6.04 Å². The van der Waals surface area contributed by atoms with Gasteiger partial charge in [-0.2, -0.15) is 5.26 Å². The molecular formula is C19H28N4O2. The van der Waals surface area contributed by atoms with Gasteiger partial charge in [0, 0.05) is 19.3 Å². The van der Waals surface area contributed by atoms with Crippen LogP contribution in [0.4, 0.5) is 11.6 Å². The molecule has 1 aliphatic carbocycles. The summed E-state index contributed by atoms with van der Waals surface area (Å²) in [6.45, 7) is 4.34.